The molecule has 2 rings (SSSR count). The van der Waals surface area contributed by atoms with Gasteiger partial charge >= 0.3 is 12.0 Å². The Kier molecular flexibility index (Phi) is 4.31. The van der Waals surface area contributed by atoms with Gasteiger partial charge in [0.15, 0.2) is 0 Å². The van der Waals surface area contributed by atoms with Gasteiger partial charge in [0.05, 0.1) is 10.3 Å². The lowest BCUT2D eigenvalue weighted by atomic mass is 10.3. The maximum atomic E-state index is 13.1. The van der Waals surface area contributed by atoms with Crippen LogP contribution in [0.2, 0.25) is 0 Å². The van der Waals surface area contributed by atoms with E-state index in [0.717, 1.165) is 0 Å². The van der Waals surface area contributed by atoms with Gasteiger partial charge in [-0.3, -0.25) is 0 Å². The highest BCUT2D eigenvalue weighted by atomic mass is 79.9. The first-order valence-electron chi connectivity index (χ1n) is 5.32. The van der Waals surface area contributed by atoms with E-state index in [1.807, 2.05) is 0 Å². The molecule has 1 aliphatic heterocycles. The lowest BCUT2D eigenvalue weighted by Gasteiger charge is -2.20. The van der Waals surface area contributed by atoms with Crippen molar-refractivity contribution in [1.29, 1.82) is 0 Å². The molecule has 0 spiro atoms. The van der Waals surface area contributed by atoms with Crippen molar-refractivity contribution in [3.63, 3.8) is 0 Å². The van der Waals surface area contributed by atoms with E-state index in [9.17, 15) is 14.0 Å². The van der Waals surface area contributed by atoms with Crippen molar-refractivity contribution in [3.05, 3.63) is 28.5 Å². The maximum Gasteiger partial charge on any atom is 0.327 e. The first kappa shape index (κ1) is 14.1. The van der Waals surface area contributed by atoms with Crippen molar-refractivity contribution >= 4 is 45.4 Å². The summed E-state index contributed by atoms with van der Waals surface area (Å²) in [6, 6.07) is 2.72. The minimum Gasteiger partial charge on any atom is -0.480 e. The van der Waals surface area contributed by atoms with Crippen LogP contribution in [0.4, 0.5) is 14.9 Å². The van der Waals surface area contributed by atoms with Crippen molar-refractivity contribution in [2.24, 2.45) is 0 Å². The quantitative estimate of drug-likeness (QED) is 0.861. The number of carbonyl (C=O) groups is 2. The van der Waals surface area contributed by atoms with Crippen LogP contribution < -0.4 is 5.32 Å². The molecule has 102 valence electrons. The number of carboxylic acids is 1. The second kappa shape index (κ2) is 5.79. The zero-order chi connectivity index (χ0) is 14.0. The predicted molar refractivity (Wildman–Crippen MR) is 73.7 cm³/mol. The number of urea groups is 1. The first-order valence-corrected chi connectivity index (χ1v) is 7.27. The molecule has 1 aliphatic rings. The molecular weight excluding hydrogens is 339 g/mol. The minimum atomic E-state index is -1.03. The summed E-state index contributed by atoms with van der Waals surface area (Å²) in [5.41, 5.74) is 0.402. The fourth-order valence-electron chi connectivity index (χ4n) is 1.62. The van der Waals surface area contributed by atoms with Gasteiger partial charge in [-0.1, -0.05) is 0 Å². The summed E-state index contributed by atoms with van der Waals surface area (Å²) in [6.45, 7) is 0. The van der Waals surface area contributed by atoms with Gasteiger partial charge in [0.1, 0.15) is 11.9 Å². The average molecular weight is 349 g/mol. The van der Waals surface area contributed by atoms with Gasteiger partial charge in [-0.2, -0.15) is 0 Å². The summed E-state index contributed by atoms with van der Waals surface area (Å²) in [5.74, 6) is -0.764. The lowest BCUT2D eigenvalue weighted by Crippen LogP contribution is -2.43. The van der Waals surface area contributed by atoms with Crippen molar-refractivity contribution in [2.45, 2.75) is 6.04 Å². The molecule has 19 heavy (non-hydrogen) atoms. The third-order valence-electron chi connectivity index (χ3n) is 2.60. The van der Waals surface area contributed by atoms with E-state index in [0.29, 0.717) is 17.3 Å². The second-order valence-corrected chi connectivity index (χ2v) is 5.74. The minimum absolute atomic E-state index is 0.232. The van der Waals surface area contributed by atoms with Gasteiger partial charge in [-0.25, -0.2) is 14.0 Å². The van der Waals surface area contributed by atoms with Crippen LogP contribution in [0.1, 0.15) is 0 Å². The summed E-state index contributed by atoms with van der Waals surface area (Å²) in [7, 11) is 0. The molecule has 2 N–H and O–H groups in total. The van der Waals surface area contributed by atoms with Crippen LogP contribution >= 0.6 is 27.7 Å². The van der Waals surface area contributed by atoms with E-state index in [4.69, 9.17) is 5.11 Å². The largest absolute Gasteiger partial charge is 0.480 e. The zero-order valence-corrected chi connectivity index (χ0v) is 12.0. The van der Waals surface area contributed by atoms with E-state index in [-0.39, 0.29) is 4.47 Å². The number of aliphatic carboxylic acids is 1. The highest BCUT2D eigenvalue weighted by Crippen LogP contribution is 2.24. The number of amides is 2. The van der Waals surface area contributed by atoms with Gasteiger partial charge in [0.2, 0.25) is 0 Å². The lowest BCUT2D eigenvalue weighted by molar-refractivity contribution is -0.140. The maximum absolute atomic E-state index is 13.1. The highest BCUT2D eigenvalue weighted by molar-refractivity contribution is 9.10. The Labute approximate surface area is 121 Å². The number of carbonyl (C=O) groups excluding carboxylic acids is 1. The molecule has 0 bridgehead atoms. The molecule has 0 saturated carbocycles. The molecular formula is C11H10BrFN2O3S. The average Bonchev–Trinajstić information content (AvgIpc) is 2.83. The fourth-order valence-corrected chi connectivity index (χ4v) is 3.14. The van der Waals surface area contributed by atoms with Crippen molar-refractivity contribution in [2.75, 3.05) is 16.9 Å². The van der Waals surface area contributed by atoms with E-state index >= 15 is 0 Å². The molecule has 1 aromatic carbocycles. The van der Waals surface area contributed by atoms with Crippen molar-refractivity contribution in [3.8, 4) is 0 Å². The molecule has 1 unspecified atom stereocenters. The van der Waals surface area contributed by atoms with Gasteiger partial charge in [-0.05, 0) is 34.1 Å². The monoisotopic (exact) mass is 348 g/mol. The molecule has 0 aliphatic carbocycles. The fraction of sp³-hybridized carbons (Fsp3) is 0.273. The number of carboxylic acid groups (broad SMARTS) is 1. The molecule has 8 heteroatoms. The number of rotatable bonds is 2. The van der Waals surface area contributed by atoms with Crippen LogP contribution in [0.5, 0.6) is 0 Å². The van der Waals surface area contributed by atoms with Crippen molar-refractivity contribution in [1.82, 2.24) is 4.90 Å². The van der Waals surface area contributed by atoms with E-state index < -0.39 is 23.9 Å². The zero-order valence-electron chi connectivity index (χ0n) is 9.60. The van der Waals surface area contributed by atoms with Crippen LogP contribution in [0.3, 0.4) is 0 Å². The molecule has 2 amide bonds. The van der Waals surface area contributed by atoms with Crippen LogP contribution in [-0.4, -0.2) is 39.7 Å². The summed E-state index contributed by atoms with van der Waals surface area (Å²) in [4.78, 5) is 24.2. The number of nitrogens with one attached hydrogen (secondary N) is 1. The van der Waals surface area contributed by atoms with Gasteiger partial charge in [0.25, 0.3) is 0 Å². The summed E-state index contributed by atoms with van der Waals surface area (Å²) < 4.78 is 13.3. The normalized spacial score (nSPS) is 18.4. The first-order chi connectivity index (χ1) is 8.99. The molecule has 1 heterocycles. The Morgan fingerprint density at radius 2 is 2.26 bits per heavy atom. The molecule has 1 fully saturated rings. The molecule has 5 nitrogen and oxygen atoms in total. The highest BCUT2D eigenvalue weighted by Gasteiger charge is 2.34. The number of thioether (sulfide) groups is 1. The Balaban J connectivity index is 2.08. The molecule has 1 saturated heterocycles. The molecule has 1 atom stereocenters. The third kappa shape index (κ3) is 3.19. The number of halogens is 2. The number of benzene rings is 1. The second-order valence-electron chi connectivity index (χ2n) is 3.88. The van der Waals surface area contributed by atoms with Crippen LogP contribution in [-0.2, 0) is 4.79 Å². The number of hydrogen-bond acceptors (Lipinski definition) is 3. The standard InChI is InChI=1S/C11H10BrFN2O3S/c12-7-3-6(1-2-8(7)13)14-11(18)15-5-19-4-9(15)10(16)17/h1-3,9H,4-5H2,(H,14,18)(H,16,17). The topological polar surface area (TPSA) is 69.6 Å². The Bertz CT molecular complexity index is 529. The Morgan fingerprint density at radius 1 is 1.53 bits per heavy atom. The van der Waals surface area contributed by atoms with E-state index in [2.05, 4.69) is 21.2 Å². The number of nitrogens with zero attached hydrogens (tertiary/aromatic N) is 1. The van der Waals surface area contributed by atoms with Gasteiger partial charge in [-0.15, -0.1) is 11.8 Å². The molecule has 1 aromatic rings. The summed E-state index contributed by atoms with van der Waals surface area (Å²) in [5, 5.41) is 11.5. The molecule has 0 radical (unpaired) electrons. The van der Waals surface area contributed by atoms with Gasteiger partial charge in [0, 0.05) is 11.4 Å². The Morgan fingerprint density at radius 3 is 2.89 bits per heavy atom. The summed E-state index contributed by atoms with van der Waals surface area (Å²) in [6.07, 6.45) is 0. The van der Waals surface area contributed by atoms with Crippen molar-refractivity contribution < 1.29 is 19.1 Å². The van der Waals surface area contributed by atoms with E-state index in [1.54, 1.807) is 0 Å². The number of anilines is 1. The van der Waals surface area contributed by atoms with E-state index in [1.165, 1.54) is 34.9 Å². The molecule has 0 aromatic heterocycles. The summed E-state index contributed by atoms with van der Waals surface area (Å²) >= 11 is 4.39. The van der Waals surface area contributed by atoms with Crippen LogP contribution in [0.15, 0.2) is 22.7 Å². The van der Waals surface area contributed by atoms with Crippen LogP contribution in [0.25, 0.3) is 0 Å². The third-order valence-corrected chi connectivity index (χ3v) is 4.22. The number of hydrogen-bond donors (Lipinski definition) is 2. The SMILES string of the molecule is O=C(O)C1CSCN1C(=O)Nc1ccc(F)c(Br)c1. The Hall–Kier alpha value is -1.28. The smallest absolute Gasteiger partial charge is 0.327 e. The predicted octanol–water partition coefficient (Wildman–Crippen LogP) is 2.58. The van der Waals surface area contributed by atoms with Gasteiger partial charge < -0.3 is 15.3 Å². The van der Waals surface area contributed by atoms with Crippen LogP contribution in [0, 0.1) is 5.82 Å².